The van der Waals surface area contributed by atoms with Crippen molar-refractivity contribution >= 4 is 11.7 Å². The Morgan fingerprint density at radius 2 is 2.12 bits per heavy atom. The summed E-state index contributed by atoms with van der Waals surface area (Å²) in [6.45, 7) is 4.93. The summed E-state index contributed by atoms with van der Waals surface area (Å²) in [7, 11) is 5.68. The molecule has 2 saturated heterocycles. The summed E-state index contributed by atoms with van der Waals surface area (Å²) < 4.78 is 5.16. The number of piperidine rings is 1. The molecular weight excluding hydrogens is 316 g/mol. The van der Waals surface area contributed by atoms with Crippen molar-refractivity contribution in [3.05, 3.63) is 23.9 Å². The van der Waals surface area contributed by atoms with Crippen LogP contribution in [0.1, 0.15) is 24.8 Å². The van der Waals surface area contributed by atoms with Crippen LogP contribution in [0.3, 0.4) is 0 Å². The zero-order chi connectivity index (χ0) is 17.9. The number of pyridine rings is 1. The normalized spacial score (nSPS) is 24.3. The Bertz CT molecular complexity index is 590. The summed E-state index contributed by atoms with van der Waals surface area (Å²) in [5.41, 5.74) is 1.03. The number of amides is 1. The Labute approximate surface area is 150 Å². The van der Waals surface area contributed by atoms with Gasteiger partial charge in [0.25, 0.3) is 0 Å². The lowest BCUT2D eigenvalue weighted by Crippen LogP contribution is -2.50. The number of methoxy groups -OCH3 is 1. The number of likely N-dealkylation sites (tertiary alicyclic amines) is 2. The number of rotatable bonds is 6. The highest BCUT2D eigenvalue weighted by molar-refractivity contribution is 5.84. The second-order valence-electron chi connectivity index (χ2n) is 7.55. The van der Waals surface area contributed by atoms with E-state index in [1.807, 2.05) is 30.1 Å². The van der Waals surface area contributed by atoms with Crippen LogP contribution in [0.4, 0.5) is 5.82 Å². The van der Waals surface area contributed by atoms with Gasteiger partial charge in [-0.25, -0.2) is 4.98 Å². The largest absolute Gasteiger partial charge is 0.383 e. The van der Waals surface area contributed by atoms with Crippen LogP contribution in [0.15, 0.2) is 18.3 Å². The Morgan fingerprint density at radius 3 is 2.80 bits per heavy atom. The van der Waals surface area contributed by atoms with Crippen LogP contribution in [0.25, 0.3) is 0 Å². The van der Waals surface area contributed by atoms with Gasteiger partial charge >= 0.3 is 0 Å². The molecule has 0 bridgehead atoms. The van der Waals surface area contributed by atoms with Crippen molar-refractivity contribution in [2.75, 3.05) is 58.9 Å². The van der Waals surface area contributed by atoms with Gasteiger partial charge in [0.15, 0.2) is 0 Å². The average Bonchev–Trinajstić information content (AvgIpc) is 3.00. The SMILES string of the molecule is COCCN1CCCC2(CCN(Cc3ccc(N(C)C)nc3)C2)C1=O. The van der Waals surface area contributed by atoms with Crippen molar-refractivity contribution < 1.29 is 9.53 Å². The van der Waals surface area contributed by atoms with Gasteiger partial charge < -0.3 is 14.5 Å². The van der Waals surface area contributed by atoms with Crippen molar-refractivity contribution in [3.63, 3.8) is 0 Å². The van der Waals surface area contributed by atoms with E-state index in [9.17, 15) is 4.79 Å². The van der Waals surface area contributed by atoms with Gasteiger partial charge in [-0.1, -0.05) is 6.07 Å². The van der Waals surface area contributed by atoms with Crippen LogP contribution in [0, 0.1) is 5.41 Å². The lowest BCUT2D eigenvalue weighted by atomic mass is 9.78. The Kier molecular flexibility index (Phi) is 5.59. The second kappa shape index (κ2) is 7.70. The van der Waals surface area contributed by atoms with Gasteiger partial charge in [-0.3, -0.25) is 9.69 Å². The fourth-order valence-electron chi connectivity index (χ4n) is 4.07. The molecule has 1 atom stereocenters. The summed E-state index contributed by atoms with van der Waals surface area (Å²) >= 11 is 0. The van der Waals surface area contributed by atoms with Crippen LogP contribution >= 0.6 is 0 Å². The van der Waals surface area contributed by atoms with E-state index in [1.54, 1.807) is 7.11 Å². The number of hydrogen-bond donors (Lipinski definition) is 0. The molecule has 1 amide bonds. The summed E-state index contributed by atoms with van der Waals surface area (Å²) in [5.74, 6) is 1.30. The fourth-order valence-corrected chi connectivity index (χ4v) is 4.07. The van der Waals surface area contributed by atoms with E-state index in [0.717, 1.165) is 51.3 Å². The standard InChI is InChI=1S/C19H30N4O2/c1-21(2)17-6-5-16(13-20-17)14-22-10-8-19(15-22)7-4-9-23(18(19)24)11-12-25-3/h5-6,13H,4,7-12,14-15H2,1-3H3. The van der Waals surface area contributed by atoms with Crippen LogP contribution < -0.4 is 4.90 Å². The highest BCUT2D eigenvalue weighted by Gasteiger charge is 2.47. The first-order chi connectivity index (χ1) is 12.0. The predicted octanol–water partition coefficient (Wildman–Crippen LogP) is 1.61. The van der Waals surface area contributed by atoms with Gasteiger partial charge in [-0.15, -0.1) is 0 Å². The maximum absolute atomic E-state index is 13.0. The van der Waals surface area contributed by atoms with E-state index in [1.165, 1.54) is 5.56 Å². The van der Waals surface area contributed by atoms with Gasteiger partial charge in [0.2, 0.25) is 5.91 Å². The molecule has 3 heterocycles. The van der Waals surface area contributed by atoms with Crippen molar-refractivity contribution in [3.8, 4) is 0 Å². The molecule has 3 rings (SSSR count). The molecule has 0 N–H and O–H groups in total. The van der Waals surface area contributed by atoms with E-state index < -0.39 is 0 Å². The van der Waals surface area contributed by atoms with Crippen molar-refractivity contribution in [2.24, 2.45) is 5.41 Å². The third-order valence-corrected chi connectivity index (χ3v) is 5.50. The number of carbonyl (C=O) groups is 1. The van der Waals surface area contributed by atoms with Gasteiger partial charge in [0, 0.05) is 53.6 Å². The Hall–Kier alpha value is -1.66. The summed E-state index contributed by atoms with van der Waals surface area (Å²) in [6, 6.07) is 4.19. The van der Waals surface area contributed by atoms with Gasteiger partial charge in [0.1, 0.15) is 5.82 Å². The lowest BCUT2D eigenvalue weighted by Gasteiger charge is -2.39. The van der Waals surface area contributed by atoms with Crippen LogP contribution in [-0.2, 0) is 16.1 Å². The maximum Gasteiger partial charge on any atom is 0.230 e. The molecule has 6 nitrogen and oxygen atoms in total. The minimum Gasteiger partial charge on any atom is -0.383 e. The molecule has 6 heteroatoms. The number of ether oxygens (including phenoxy) is 1. The summed E-state index contributed by atoms with van der Waals surface area (Å²) in [6.07, 6.45) is 5.04. The topological polar surface area (TPSA) is 48.9 Å². The van der Waals surface area contributed by atoms with Crippen LogP contribution in [0.2, 0.25) is 0 Å². The van der Waals surface area contributed by atoms with Crippen LogP contribution in [0.5, 0.6) is 0 Å². The predicted molar refractivity (Wildman–Crippen MR) is 98.6 cm³/mol. The Morgan fingerprint density at radius 1 is 1.28 bits per heavy atom. The zero-order valence-electron chi connectivity index (χ0n) is 15.7. The second-order valence-corrected chi connectivity index (χ2v) is 7.55. The molecule has 2 fully saturated rings. The molecule has 2 aliphatic heterocycles. The monoisotopic (exact) mass is 346 g/mol. The fraction of sp³-hybridized carbons (Fsp3) is 0.684. The molecule has 1 unspecified atom stereocenters. The number of nitrogens with zero attached hydrogens (tertiary/aromatic N) is 4. The third kappa shape index (κ3) is 3.96. The number of hydrogen-bond acceptors (Lipinski definition) is 5. The molecule has 25 heavy (non-hydrogen) atoms. The van der Waals surface area contributed by atoms with Gasteiger partial charge in [-0.2, -0.15) is 0 Å². The third-order valence-electron chi connectivity index (χ3n) is 5.50. The number of carbonyl (C=O) groups excluding carboxylic acids is 1. The molecule has 0 saturated carbocycles. The molecular formula is C19H30N4O2. The van der Waals surface area contributed by atoms with E-state index in [-0.39, 0.29) is 5.41 Å². The smallest absolute Gasteiger partial charge is 0.230 e. The highest BCUT2D eigenvalue weighted by Crippen LogP contribution is 2.40. The summed E-state index contributed by atoms with van der Waals surface area (Å²) in [4.78, 5) is 23.9. The molecule has 1 aromatic heterocycles. The quantitative estimate of drug-likeness (QED) is 0.783. The number of aromatic nitrogens is 1. The molecule has 1 aromatic rings. The summed E-state index contributed by atoms with van der Waals surface area (Å²) in [5, 5.41) is 0. The van der Waals surface area contributed by atoms with Crippen LogP contribution in [-0.4, -0.2) is 74.7 Å². The Balaban J connectivity index is 1.61. The molecule has 1 spiro atoms. The average molecular weight is 346 g/mol. The minimum atomic E-state index is -0.178. The lowest BCUT2D eigenvalue weighted by molar-refractivity contribution is -0.146. The molecule has 0 aliphatic carbocycles. The molecule has 138 valence electrons. The van der Waals surface area contributed by atoms with E-state index >= 15 is 0 Å². The van der Waals surface area contributed by atoms with Gasteiger partial charge in [-0.05, 0) is 37.4 Å². The van der Waals surface area contributed by atoms with Crippen molar-refractivity contribution in [1.82, 2.24) is 14.8 Å². The number of anilines is 1. The first kappa shape index (κ1) is 18.1. The first-order valence-corrected chi connectivity index (χ1v) is 9.17. The minimum absolute atomic E-state index is 0.178. The maximum atomic E-state index is 13.0. The van der Waals surface area contributed by atoms with Crippen molar-refractivity contribution in [1.29, 1.82) is 0 Å². The molecule has 2 aliphatic rings. The molecule has 0 aromatic carbocycles. The van der Waals surface area contributed by atoms with Crippen molar-refractivity contribution in [2.45, 2.75) is 25.8 Å². The first-order valence-electron chi connectivity index (χ1n) is 9.17. The van der Waals surface area contributed by atoms with E-state index in [2.05, 4.69) is 22.0 Å². The zero-order valence-corrected chi connectivity index (χ0v) is 15.7. The molecule has 0 radical (unpaired) electrons. The van der Waals surface area contributed by atoms with E-state index in [0.29, 0.717) is 19.1 Å². The van der Waals surface area contributed by atoms with Gasteiger partial charge in [0.05, 0.1) is 12.0 Å². The van der Waals surface area contributed by atoms with E-state index in [4.69, 9.17) is 4.74 Å². The highest BCUT2D eigenvalue weighted by atomic mass is 16.5.